The number of ether oxygens (including phenoxy) is 2. The second-order valence-corrected chi connectivity index (χ2v) is 5.70. The van der Waals surface area contributed by atoms with Gasteiger partial charge in [-0.15, -0.1) is 0 Å². The topological polar surface area (TPSA) is 47.5 Å². The molecule has 1 aliphatic rings. The van der Waals surface area contributed by atoms with Crippen LogP contribution in [0.4, 0.5) is 0 Å². The van der Waals surface area contributed by atoms with Crippen LogP contribution in [0.1, 0.15) is 25.7 Å². The average molecular weight is 301 g/mol. The molecule has 5 nitrogen and oxygen atoms in total. The molecule has 0 amide bonds. The lowest BCUT2D eigenvalue weighted by Crippen LogP contribution is -2.31. The van der Waals surface area contributed by atoms with Crippen molar-refractivity contribution in [3.63, 3.8) is 0 Å². The predicted octanol–water partition coefficient (Wildman–Crippen LogP) is 2.89. The van der Waals surface area contributed by atoms with Crippen molar-refractivity contribution in [3.05, 3.63) is 24.4 Å². The van der Waals surface area contributed by atoms with Gasteiger partial charge in [-0.2, -0.15) is 10.2 Å². The Bertz CT molecular complexity index is 612. The van der Waals surface area contributed by atoms with Gasteiger partial charge in [-0.05, 0) is 44.5 Å². The molecule has 0 saturated carbocycles. The lowest BCUT2D eigenvalue weighted by molar-refractivity contribution is 0.203. The first-order chi connectivity index (χ1) is 10.9. The Hall–Kier alpha value is -1.88. The molecule has 0 radical (unpaired) electrons. The highest BCUT2D eigenvalue weighted by Crippen LogP contribution is 2.31. The van der Waals surface area contributed by atoms with Gasteiger partial charge in [0.15, 0.2) is 11.5 Å². The maximum atomic E-state index is 5.91. The van der Waals surface area contributed by atoms with E-state index in [9.17, 15) is 0 Å². The molecule has 2 aromatic rings. The minimum atomic E-state index is 0.693. The minimum Gasteiger partial charge on any atom is -0.493 e. The van der Waals surface area contributed by atoms with E-state index in [2.05, 4.69) is 15.1 Å². The molecule has 1 aliphatic heterocycles. The Morgan fingerprint density at radius 3 is 2.82 bits per heavy atom. The lowest BCUT2D eigenvalue weighted by Gasteiger charge is -2.26. The molecule has 3 rings (SSSR count). The maximum absolute atomic E-state index is 5.91. The van der Waals surface area contributed by atoms with E-state index in [1.807, 2.05) is 18.2 Å². The zero-order valence-corrected chi connectivity index (χ0v) is 13.1. The van der Waals surface area contributed by atoms with Gasteiger partial charge in [0, 0.05) is 18.0 Å². The molecule has 118 valence electrons. The van der Waals surface area contributed by atoms with Crippen LogP contribution in [0.3, 0.4) is 0 Å². The zero-order valence-electron chi connectivity index (χ0n) is 13.1. The number of hydrogen-bond donors (Lipinski definition) is 0. The molecular weight excluding hydrogens is 278 g/mol. The van der Waals surface area contributed by atoms with Crippen molar-refractivity contribution in [3.8, 4) is 11.5 Å². The van der Waals surface area contributed by atoms with E-state index >= 15 is 0 Å². The molecule has 0 aliphatic carbocycles. The van der Waals surface area contributed by atoms with Crippen molar-refractivity contribution >= 4 is 10.9 Å². The van der Waals surface area contributed by atoms with Crippen LogP contribution in [0.2, 0.25) is 0 Å². The number of hydrogen-bond acceptors (Lipinski definition) is 5. The molecule has 1 saturated heterocycles. The normalized spacial score (nSPS) is 15.9. The zero-order chi connectivity index (χ0) is 15.2. The summed E-state index contributed by atoms with van der Waals surface area (Å²) >= 11 is 0. The smallest absolute Gasteiger partial charge is 0.163 e. The summed E-state index contributed by atoms with van der Waals surface area (Å²) in [4.78, 5) is 2.52. The van der Waals surface area contributed by atoms with Crippen molar-refractivity contribution in [2.75, 3.05) is 33.4 Å². The Balaban J connectivity index is 1.58. The molecule has 2 heterocycles. The fourth-order valence-electron chi connectivity index (χ4n) is 2.92. The molecule has 1 aromatic carbocycles. The van der Waals surface area contributed by atoms with Crippen molar-refractivity contribution in [2.45, 2.75) is 25.7 Å². The van der Waals surface area contributed by atoms with Crippen molar-refractivity contribution in [1.29, 1.82) is 0 Å². The molecule has 0 N–H and O–H groups in total. The third kappa shape index (κ3) is 3.65. The summed E-state index contributed by atoms with van der Waals surface area (Å²) in [7, 11) is 1.66. The number of fused-ring (bicyclic) bond motifs is 1. The number of benzene rings is 1. The van der Waals surface area contributed by atoms with Crippen LogP contribution in [0.25, 0.3) is 10.9 Å². The molecular formula is C17H23N3O2. The van der Waals surface area contributed by atoms with Gasteiger partial charge in [0.1, 0.15) is 0 Å². The molecule has 0 spiro atoms. The first-order valence-corrected chi connectivity index (χ1v) is 8.01. The number of methoxy groups -OCH3 is 1. The summed E-state index contributed by atoms with van der Waals surface area (Å²) < 4.78 is 11.3. The molecule has 0 bridgehead atoms. The minimum absolute atomic E-state index is 0.693. The number of nitrogens with zero attached hydrogens (tertiary/aromatic N) is 3. The van der Waals surface area contributed by atoms with Crippen molar-refractivity contribution < 1.29 is 9.47 Å². The van der Waals surface area contributed by atoms with Crippen LogP contribution < -0.4 is 9.47 Å². The monoisotopic (exact) mass is 301 g/mol. The second-order valence-electron chi connectivity index (χ2n) is 5.70. The van der Waals surface area contributed by atoms with Crippen LogP contribution in [-0.4, -0.2) is 48.4 Å². The quantitative estimate of drug-likeness (QED) is 0.768. The fraction of sp³-hybridized carbons (Fsp3) is 0.529. The van der Waals surface area contributed by atoms with Gasteiger partial charge in [-0.3, -0.25) is 0 Å². The van der Waals surface area contributed by atoms with Gasteiger partial charge >= 0.3 is 0 Å². The molecule has 22 heavy (non-hydrogen) atoms. The van der Waals surface area contributed by atoms with Gasteiger partial charge in [-0.25, -0.2) is 0 Å². The Labute approximate surface area is 131 Å². The van der Waals surface area contributed by atoms with Gasteiger partial charge in [0.2, 0.25) is 0 Å². The van der Waals surface area contributed by atoms with E-state index in [1.165, 1.54) is 32.4 Å². The Morgan fingerprint density at radius 1 is 1.14 bits per heavy atom. The summed E-state index contributed by atoms with van der Waals surface area (Å²) in [6.07, 6.45) is 6.75. The highest BCUT2D eigenvalue weighted by molar-refractivity contribution is 5.81. The maximum Gasteiger partial charge on any atom is 0.163 e. The first kappa shape index (κ1) is 15.0. The lowest BCUT2D eigenvalue weighted by atomic mass is 10.1. The molecule has 0 atom stereocenters. The Kier molecular flexibility index (Phi) is 5.06. The average Bonchev–Trinajstić information content (AvgIpc) is 2.59. The highest BCUT2D eigenvalue weighted by atomic mass is 16.5. The summed E-state index contributed by atoms with van der Waals surface area (Å²) in [5.41, 5.74) is 0.828. The number of likely N-dealkylation sites (tertiary alicyclic amines) is 1. The van der Waals surface area contributed by atoms with Crippen LogP contribution in [0.15, 0.2) is 24.4 Å². The van der Waals surface area contributed by atoms with E-state index in [4.69, 9.17) is 9.47 Å². The third-order valence-electron chi connectivity index (χ3n) is 4.12. The van der Waals surface area contributed by atoms with E-state index in [0.717, 1.165) is 35.4 Å². The van der Waals surface area contributed by atoms with Crippen LogP contribution in [-0.2, 0) is 0 Å². The van der Waals surface area contributed by atoms with Crippen LogP contribution in [0.5, 0.6) is 11.5 Å². The standard InChI is InChI=1S/C17H23N3O2/c1-21-16-12-14-6-7-18-19-15(14)13-17(16)22-11-5-10-20-8-3-2-4-9-20/h6-7,12-13H,2-5,8-11H2,1H3. The van der Waals surface area contributed by atoms with Crippen LogP contribution >= 0.6 is 0 Å². The largest absolute Gasteiger partial charge is 0.493 e. The molecule has 0 unspecified atom stereocenters. The van der Waals surface area contributed by atoms with Crippen molar-refractivity contribution in [2.24, 2.45) is 0 Å². The summed E-state index contributed by atoms with van der Waals surface area (Å²) in [6, 6.07) is 5.77. The molecule has 1 fully saturated rings. The number of aromatic nitrogens is 2. The predicted molar refractivity (Wildman–Crippen MR) is 86.5 cm³/mol. The second kappa shape index (κ2) is 7.40. The van der Waals surface area contributed by atoms with Gasteiger partial charge < -0.3 is 14.4 Å². The summed E-state index contributed by atoms with van der Waals surface area (Å²) in [6.45, 7) is 4.26. The number of rotatable bonds is 6. The SMILES string of the molecule is COc1cc2ccnnc2cc1OCCCN1CCCCC1. The summed E-state index contributed by atoms with van der Waals surface area (Å²) in [5.74, 6) is 1.49. The highest BCUT2D eigenvalue weighted by Gasteiger charge is 2.11. The van der Waals surface area contributed by atoms with Crippen LogP contribution in [0, 0.1) is 0 Å². The Morgan fingerprint density at radius 2 is 2.00 bits per heavy atom. The van der Waals surface area contributed by atoms with E-state index in [-0.39, 0.29) is 0 Å². The van der Waals surface area contributed by atoms with Crippen molar-refractivity contribution in [1.82, 2.24) is 15.1 Å². The molecule has 5 heteroatoms. The molecule has 1 aromatic heterocycles. The number of piperidine rings is 1. The van der Waals surface area contributed by atoms with Gasteiger partial charge in [0.25, 0.3) is 0 Å². The third-order valence-corrected chi connectivity index (χ3v) is 4.12. The van der Waals surface area contributed by atoms with E-state index in [0.29, 0.717) is 6.61 Å². The van der Waals surface area contributed by atoms with Gasteiger partial charge in [0.05, 0.1) is 25.4 Å². The summed E-state index contributed by atoms with van der Waals surface area (Å²) in [5, 5.41) is 9.05. The first-order valence-electron chi connectivity index (χ1n) is 8.01. The van der Waals surface area contributed by atoms with E-state index in [1.54, 1.807) is 13.3 Å². The van der Waals surface area contributed by atoms with E-state index < -0.39 is 0 Å². The fourth-order valence-corrected chi connectivity index (χ4v) is 2.92. The van der Waals surface area contributed by atoms with Gasteiger partial charge in [-0.1, -0.05) is 6.42 Å².